The van der Waals surface area contributed by atoms with Crippen molar-refractivity contribution in [3.8, 4) is 0 Å². The number of hydrogen-bond acceptors (Lipinski definition) is 2. The van der Waals surface area contributed by atoms with E-state index >= 15 is 0 Å². The van der Waals surface area contributed by atoms with E-state index in [0.717, 1.165) is 5.69 Å². The lowest BCUT2D eigenvalue weighted by Gasteiger charge is -2.26. The third-order valence-corrected chi connectivity index (χ3v) is 2.26. The summed E-state index contributed by atoms with van der Waals surface area (Å²) < 4.78 is 0. The molecule has 0 saturated carbocycles. The molecule has 1 rings (SSSR count). The second-order valence-corrected chi connectivity index (χ2v) is 4.49. The van der Waals surface area contributed by atoms with Crippen LogP contribution in [0.15, 0.2) is 18.2 Å². The van der Waals surface area contributed by atoms with E-state index in [4.69, 9.17) is 5.11 Å². The molecule has 0 aromatic heterocycles. The van der Waals surface area contributed by atoms with Gasteiger partial charge in [-0.3, -0.25) is 0 Å². The average Bonchev–Trinajstić information content (AvgIpc) is 2.11. The fraction of sp³-hybridized carbons (Fsp3) is 0.500. The Kier molecular flexibility index (Phi) is 3.17. The molecule has 0 unspecified atom stereocenters. The van der Waals surface area contributed by atoms with E-state index in [1.807, 2.05) is 13.8 Å². The van der Waals surface area contributed by atoms with Gasteiger partial charge >= 0.3 is 0 Å². The molecule has 2 nitrogen and oxygen atoms in total. The molecule has 0 aliphatic heterocycles. The standard InChI is InChI=1S/C12H19NO/c1-9-5-6-10(2)11(7-9)13-12(3,4)8-14/h5-7,13-14H,8H2,1-4H3. The van der Waals surface area contributed by atoms with E-state index in [2.05, 4.69) is 37.4 Å². The molecule has 0 bridgehead atoms. The molecular weight excluding hydrogens is 174 g/mol. The number of benzene rings is 1. The molecule has 0 spiro atoms. The fourth-order valence-electron chi connectivity index (χ4n) is 1.27. The highest BCUT2D eigenvalue weighted by atomic mass is 16.3. The molecule has 2 heteroatoms. The quantitative estimate of drug-likeness (QED) is 0.773. The summed E-state index contributed by atoms with van der Waals surface area (Å²) in [7, 11) is 0. The van der Waals surface area contributed by atoms with Crippen molar-refractivity contribution in [2.75, 3.05) is 11.9 Å². The number of aliphatic hydroxyl groups excluding tert-OH is 1. The van der Waals surface area contributed by atoms with Gasteiger partial charge in [0.1, 0.15) is 0 Å². The van der Waals surface area contributed by atoms with E-state index in [1.54, 1.807) is 0 Å². The average molecular weight is 193 g/mol. The molecular formula is C12H19NO. The smallest absolute Gasteiger partial charge is 0.0656 e. The van der Waals surface area contributed by atoms with Gasteiger partial charge in [-0.05, 0) is 44.9 Å². The van der Waals surface area contributed by atoms with E-state index in [0.29, 0.717) is 0 Å². The van der Waals surface area contributed by atoms with Gasteiger partial charge in [0.15, 0.2) is 0 Å². The largest absolute Gasteiger partial charge is 0.394 e. The summed E-state index contributed by atoms with van der Waals surface area (Å²) >= 11 is 0. The Hall–Kier alpha value is -1.02. The molecule has 0 amide bonds. The maximum atomic E-state index is 9.15. The highest BCUT2D eigenvalue weighted by Gasteiger charge is 2.16. The van der Waals surface area contributed by atoms with Gasteiger partial charge < -0.3 is 10.4 Å². The summed E-state index contributed by atoms with van der Waals surface area (Å²) in [4.78, 5) is 0. The van der Waals surface area contributed by atoms with Crippen LogP contribution in [0.25, 0.3) is 0 Å². The second-order valence-electron chi connectivity index (χ2n) is 4.49. The zero-order chi connectivity index (χ0) is 10.8. The van der Waals surface area contributed by atoms with Gasteiger partial charge in [-0.15, -0.1) is 0 Å². The number of aliphatic hydroxyl groups is 1. The Balaban J connectivity index is 2.91. The molecule has 0 radical (unpaired) electrons. The Morgan fingerprint density at radius 3 is 2.50 bits per heavy atom. The summed E-state index contributed by atoms with van der Waals surface area (Å²) in [5, 5.41) is 12.5. The number of nitrogens with one attached hydrogen (secondary N) is 1. The van der Waals surface area contributed by atoms with Crippen LogP contribution >= 0.6 is 0 Å². The third-order valence-electron chi connectivity index (χ3n) is 2.26. The van der Waals surface area contributed by atoms with Crippen LogP contribution in [-0.4, -0.2) is 17.3 Å². The van der Waals surface area contributed by atoms with Crippen LogP contribution in [0.5, 0.6) is 0 Å². The van der Waals surface area contributed by atoms with Crippen LogP contribution < -0.4 is 5.32 Å². The second kappa shape index (κ2) is 4.01. The van der Waals surface area contributed by atoms with Crippen molar-refractivity contribution in [2.24, 2.45) is 0 Å². The van der Waals surface area contributed by atoms with Crippen molar-refractivity contribution in [2.45, 2.75) is 33.2 Å². The van der Waals surface area contributed by atoms with Crippen LogP contribution in [0.1, 0.15) is 25.0 Å². The van der Waals surface area contributed by atoms with Crippen LogP contribution in [0, 0.1) is 13.8 Å². The highest BCUT2D eigenvalue weighted by Crippen LogP contribution is 2.20. The van der Waals surface area contributed by atoms with E-state index in [-0.39, 0.29) is 12.1 Å². The summed E-state index contributed by atoms with van der Waals surface area (Å²) in [5.41, 5.74) is 3.27. The molecule has 0 atom stereocenters. The van der Waals surface area contributed by atoms with Crippen LogP contribution in [0.4, 0.5) is 5.69 Å². The van der Waals surface area contributed by atoms with Crippen molar-refractivity contribution >= 4 is 5.69 Å². The van der Waals surface area contributed by atoms with Gasteiger partial charge in [0.05, 0.1) is 12.1 Å². The maximum Gasteiger partial charge on any atom is 0.0656 e. The molecule has 1 aromatic rings. The zero-order valence-electron chi connectivity index (χ0n) is 9.39. The van der Waals surface area contributed by atoms with Crippen molar-refractivity contribution < 1.29 is 5.11 Å². The first-order valence-corrected chi connectivity index (χ1v) is 4.91. The normalized spacial score (nSPS) is 11.5. The molecule has 0 aliphatic carbocycles. The van der Waals surface area contributed by atoms with Crippen molar-refractivity contribution in [1.82, 2.24) is 0 Å². The zero-order valence-corrected chi connectivity index (χ0v) is 9.39. The first-order valence-electron chi connectivity index (χ1n) is 4.91. The molecule has 0 fully saturated rings. The predicted octanol–water partition coefficient (Wildman–Crippen LogP) is 2.49. The Morgan fingerprint density at radius 1 is 1.29 bits per heavy atom. The lowest BCUT2D eigenvalue weighted by Crippen LogP contribution is -2.35. The highest BCUT2D eigenvalue weighted by molar-refractivity contribution is 5.53. The van der Waals surface area contributed by atoms with Gasteiger partial charge in [-0.1, -0.05) is 12.1 Å². The van der Waals surface area contributed by atoms with Gasteiger partial charge in [0, 0.05) is 5.69 Å². The van der Waals surface area contributed by atoms with Gasteiger partial charge in [0.25, 0.3) is 0 Å². The Bertz CT molecular complexity index is 318. The SMILES string of the molecule is Cc1ccc(C)c(NC(C)(C)CO)c1. The molecule has 14 heavy (non-hydrogen) atoms. The lowest BCUT2D eigenvalue weighted by atomic mass is 10.0. The van der Waals surface area contributed by atoms with E-state index in [9.17, 15) is 0 Å². The van der Waals surface area contributed by atoms with Crippen LogP contribution in [0.2, 0.25) is 0 Å². The predicted molar refractivity (Wildman–Crippen MR) is 60.7 cm³/mol. The van der Waals surface area contributed by atoms with Crippen molar-refractivity contribution in [3.63, 3.8) is 0 Å². The first kappa shape index (κ1) is 11.1. The number of anilines is 1. The van der Waals surface area contributed by atoms with Crippen molar-refractivity contribution in [1.29, 1.82) is 0 Å². The molecule has 78 valence electrons. The number of aryl methyl sites for hydroxylation is 2. The maximum absolute atomic E-state index is 9.15. The summed E-state index contributed by atoms with van der Waals surface area (Å²) in [5.74, 6) is 0. The topological polar surface area (TPSA) is 32.3 Å². The molecule has 0 heterocycles. The van der Waals surface area contributed by atoms with Gasteiger partial charge in [-0.2, -0.15) is 0 Å². The van der Waals surface area contributed by atoms with E-state index < -0.39 is 0 Å². The molecule has 2 N–H and O–H groups in total. The minimum atomic E-state index is -0.265. The third kappa shape index (κ3) is 2.74. The Labute approximate surface area is 86.0 Å². The van der Waals surface area contributed by atoms with Gasteiger partial charge in [-0.25, -0.2) is 0 Å². The minimum absolute atomic E-state index is 0.125. The van der Waals surface area contributed by atoms with Gasteiger partial charge in [0.2, 0.25) is 0 Å². The molecule has 1 aromatic carbocycles. The molecule has 0 aliphatic rings. The number of hydrogen-bond donors (Lipinski definition) is 2. The summed E-state index contributed by atoms with van der Waals surface area (Å²) in [6, 6.07) is 6.28. The summed E-state index contributed by atoms with van der Waals surface area (Å²) in [6.07, 6.45) is 0. The Morgan fingerprint density at radius 2 is 1.93 bits per heavy atom. The van der Waals surface area contributed by atoms with Crippen LogP contribution in [0.3, 0.4) is 0 Å². The first-order chi connectivity index (χ1) is 6.44. The summed E-state index contributed by atoms with van der Waals surface area (Å²) in [6.45, 7) is 8.22. The van der Waals surface area contributed by atoms with E-state index in [1.165, 1.54) is 11.1 Å². The molecule has 0 saturated heterocycles. The van der Waals surface area contributed by atoms with Crippen molar-refractivity contribution in [3.05, 3.63) is 29.3 Å². The monoisotopic (exact) mass is 193 g/mol. The van der Waals surface area contributed by atoms with Crippen LogP contribution in [-0.2, 0) is 0 Å². The minimum Gasteiger partial charge on any atom is -0.394 e. The lowest BCUT2D eigenvalue weighted by molar-refractivity contribution is 0.234. The number of rotatable bonds is 3. The fourth-order valence-corrected chi connectivity index (χ4v) is 1.27.